The molecule has 0 saturated carbocycles. The van der Waals surface area contributed by atoms with Gasteiger partial charge in [0.05, 0.1) is 20.9 Å². The highest BCUT2D eigenvalue weighted by molar-refractivity contribution is 9.11. The molecule has 0 radical (unpaired) electrons. The minimum Gasteiger partial charge on any atom is -0.506 e. The second-order valence-corrected chi connectivity index (χ2v) is 6.78. The van der Waals surface area contributed by atoms with Gasteiger partial charge in [-0.3, -0.25) is 9.59 Å². The Hall–Kier alpha value is -2.19. The van der Waals surface area contributed by atoms with Gasteiger partial charge in [0.15, 0.2) is 5.78 Å². The first kappa shape index (κ1) is 16.7. The number of hydrogen-bond donors (Lipinski definition) is 3. The van der Waals surface area contributed by atoms with Crippen LogP contribution in [0.15, 0.2) is 44.1 Å². The summed E-state index contributed by atoms with van der Waals surface area (Å²) in [5.74, 6) is -0.435. The number of fused-ring (bicyclic) bond motifs is 1. The van der Waals surface area contributed by atoms with Gasteiger partial charge in [-0.2, -0.15) is 0 Å². The number of phenols is 2. The fourth-order valence-corrected chi connectivity index (χ4v) is 3.42. The molecule has 0 aliphatic carbocycles. The molecule has 0 unspecified atom stereocenters. The minimum absolute atomic E-state index is 0.00863. The van der Waals surface area contributed by atoms with Crippen molar-refractivity contribution in [3.63, 3.8) is 0 Å². The van der Waals surface area contributed by atoms with Gasteiger partial charge in [-0.25, -0.2) is 4.98 Å². The van der Waals surface area contributed by atoms with Crippen molar-refractivity contribution in [1.82, 2.24) is 9.97 Å². The maximum atomic E-state index is 12.4. The zero-order chi connectivity index (χ0) is 17.4. The summed E-state index contributed by atoms with van der Waals surface area (Å²) < 4.78 is 0.719. The quantitative estimate of drug-likeness (QED) is 0.528. The van der Waals surface area contributed by atoms with Crippen molar-refractivity contribution in [2.24, 2.45) is 0 Å². The lowest BCUT2D eigenvalue weighted by molar-refractivity contribution is 0.0991. The number of carbonyl (C=O) groups excluding carboxylic acids is 1. The van der Waals surface area contributed by atoms with Crippen LogP contribution in [-0.4, -0.2) is 26.0 Å². The Morgan fingerprint density at radius 1 is 1.17 bits per heavy atom. The average molecular weight is 454 g/mol. The third-order valence-corrected chi connectivity index (χ3v) is 4.65. The largest absolute Gasteiger partial charge is 0.506 e. The van der Waals surface area contributed by atoms with Gasteiger partial charge >= 0.3 is 0 Å². The number of aromatic nitrogens is 2. The second kappa shape index (κ2) is 6.37. The van der Waals surface area contributed by atoms with Gasteiger partial charge < -0.3 is 15.2 Å². The van der Waals surface area contributed by atoms with Crippen molar-refractivity contribution in [2.45, 2.75) is 6.42 Å². The summed E-state index contributed by atoms with van der Waals surface area (Å²) in [6.07, 6.45) is -0.233. The monoisotopic (exact) mass is 452 g/mol. The first-order valence-corrected chi connectivity index (χ1v) is 8.37. The van der Waals surface area contributed by atoms with Gasteiger partial charge in [0.25, 0.3) is 5.56 Å². The summed E-state index contributed by atoms with van der Waals surface area (Å²) in [6, 6.07) is 7.59. The van der Waals surface area contributed by atoms with E-state index in [9.17, 15) is 19.8 Å². The Morgan fingerprint density at radius 2 is 1.83 bits per heavy atom. The van der Waals surface area contributed by atoms with Crippen LogP contribution in [0.3, 0.4) is 0 Å². The number of benzene rings is 2. The molecule has 3 aromatic rings. The molecule has 0 atom stereocenters. The third-order valence-electron chi connectivity index (χ3n) is 3.44. The van der Waals surface area contributed by atoms with Crippen molar-refractivity contribution >= 4 is 48.7 Å². The summed E-state index contributed by atoms with van der Waals surface area (Å²) in [6.45, 7) is 0. The number of phenolic OH excluding ortho intramolecular Hbond substituents is 2. The summed E-state index contributed by atoms with van der Waals surface area (Å²) in [7, 11) is 0. The van der Waals surface area contributed by atoms with E-state index in [1.807, 2.05) is 0 Å². The molecule has 8 heteroatoms. The number of aromatic amines is 1. The molecule has 0 aliphatic rings. The molecule has 3 rings (SSSR count). The molecule has 0 spiro atoms. The van der Waals surface area contributed by atoms with E-state index in [1.54, 1.807) is 12.1 Å². The van der Waals surface area contributed by atoms with Crippen LogP contribution in [0.5, 0.6) is 11.5 Å². The van der Waals surface area contributed by atoms with E-state index < -0.39 is 5.56 Å². The fraction of sp³-hybridized carbons (Fsp3) is 0.0625. The molecule has 1 heterocycles. The van der Waals surface area contributed by atoms with Crippen molar-refractivity contribution in [1.29, 1.82) is 0 Å². The number of aromatic hydroxyl groups is 2. The molecular formula is C16H10Br2N2O4. The molecule has 2 aromatic carbocycles. The Kier molecular flexibility index (Phi) is 4.42. The van der Waals surface area contributed by atoms with Crippen LogP contribution in [0.1, 0.15) is 16.1 Å². The molecule has 0 saturated heterocycles. The minimum atomic E-state index is -0.488. The standard InChI is InChI=1S/C16H10Br2N2O4/c17-8-4-7(5-9(18)15(8)23)13(22)6-11-16(24)20-10-2-1-3-12(21)14(10)19-11/h1-5,21,23H,6H2,(H,20,24). The van der Waals surface area contributed by atoms with Gasteiger partial charge in [-0.05, 0) is 56.1 Å². The molecule has 122 valence electrons. The molecule has 24 heavy (non-hydrogen) atoms. The number of halogens is 2. The van der Waals surface area contributed by atoms with E-state index in [4.69, 9.17) is 0 Å². The van der Waals surface area contributed by atoms with Crippen molar-refractivity contribution in [3.05, 3.63) is 60.9 Å². The van der Waals surface area contributed by atoms with Gasteiger partial charge in [0, 0.05) is 5.56 Å². The number of Topliss-reactive ketones (excluding diaryl/α,β-unsaturated/α-hetero) is 1. The fourth-order valence-electron chi connectivity index (χ4n) is 2.23. The van der Waals surface area contributed by atoms with Crippen LogP contribution in [0.25, 0.3) is 11.0 Å². The number of ketones is 1. The molecule has 6 nitrogen and oxygen atoms in total. The van der Waals surface area contributed by atoms with Gasteiger partial charge in [0.2, 0.25) is 0 Å². The number of H-pyrrole nitrogens is 1. The molecule has 1 aromatic heterocycles. The number of hydrogen-bond acceptors (Lipinski definition) is 5. The molecular weight excluding hydrogens is 444 g/mol. The maximum Gasteiger partial charge on any atom is 0.270 e. The summed E-state index contributed by atoms with van der Waals surface area (Å²) in [5, 5.41) is 19.5. The molecule has 0 aliphatic heterocycles. The predicted molar refractivity (Wildman–Crippen MR) is 95.6 cm³/mol. The average Bonchev–Trinajstić information content (AvgIpc) is 2.53. The van der Waals surface area contributed by atoms with Gasteiger partial charge in [-0.1, -0.05) is 6.07 Å². The Balaban J connectivity index is 2.00. The lowest BCUT2D eigenvalue weighted by Crippen LogP contribution is -2.19. The second-order valence-electron chi connectivity index (χ2n) is 5.07. The zero-order valence-electron chi connectivity index (χ0n) is 12.0. The highest BCUT2D eigenvalue weighted by Gasteiger charge is 2.16. The number of nitrogens with one attached hydrogen (secondary N) is 1. The molecule has 0 bridgehead atoms. The maximum absolute atomic E-state index is 12.4. The number of rotatable bonds is 3. The lowest BCUT2D eigenvalue weighted by atomic mass is 10.1. The topological polar surface area (TPSA) is 103 Å². The Labute approximate surface area is 152 Å². The van der Waals surface area contributed by atoms with E-state index in [0.29, 0.717) is 20.0 Å². The first-order valence-electron chi connectivity index (χ1n) is 6.79. The third kappa shape index (κ3) is 3.07. The summed E-state index contributed by atoms with van der Waals surface area (Å²) >= 11 is 6.32. The van der Waals surface area contributed by atoms with Gasteiger partial charge in [-0.15, -0.1) is 0 Å². The lowest BCUT2D eigenvalue weighted by Gasteiger charge is -2.06. The first-order chi connectivity index (χ1) is 11.4. The highest BCUT2D eigenvalue weighted by atomic mass is 79.9. The van der Waals surface area contributed by atoms with E-state index in [1.165, 1.54) is 18.2 Å². The van der Waals surface area contributed by atoms with E-state index in [-0.39, 0.29) is 34.9 Å². The van der Waals surface area contributed by atoms with Gasteiger partial charge in [0.1, 0.15) is 22.7 Å². The van der Waals surface area contributed by atoms with Crippen LogP contribution in [0.2, 0.25) is 0 Å². The molecule has 3 N–H and O–H groups in total. The van der Waals surface area contributed by atoms with Crippen molar-refractivity contribution in [2.75, 3.05) is 0 Å². The Bertz CT molecular complexity index is 1010. The predicted octanol–water partition coefficient (Wildman–Crippen LogP) is 3.28. The van der Waals surface area contributed by atoms with Crippen LogP contribution in [0, 0.1) is 0 Å². The number of carbonyl (C=O) groups is 1. The highest BCUT2D eigenvalue weighted by Crippen LogP contribution is 2.33. The number of para-hydroxylation sites is 1. The van der Waals surface area contributed by atoms with Crippen molar-refractivity contribution in [3.8, 4) is 11.5 Å². The van der Waals surface area contributed by atoms with Crippen molar-refractivity contribution < 1.29 is 15.0 Å². The van der Waals surface area contributed by atoms with Crippen LogP contribution < -0.4 is 5.56 Å². The summed E-state index contributed by atoms with van der Waals surface area (Å²) in [5.41, 5.74) is 0.456. The van der Waals surface area contributed by atoms with E-state index in [2.05, 4.69) is 41.8 Å². The number of nitrogens with zero attached hydrogens (tertiary/aromatic N) is 1. The van der Waals surface area contributed by atoms with Crippen LogP contribution >= 0.6 is 31.9 Å². The SMILES string of the molecule is O=C(Cc1nc2c(O)cccc2[nH]c1=O)c1cc(Br)c(O)c(Br)c1. The summed E-state index contributed by atoms with van der Waals surface area (Å²) in [4.78, 5) is 31.2. The normalized spacial score (nSPS) is 10.9. The smallest absolute Gasteiger partial charge is 0.270 e. The molecule has 0 fully saturated rings. The molecule has 0 amide bonds. The van der Waals surface area contributed by atoms with E-state index in [0.717, 1.165) is 0 Å². The van der Waals surface area contributed by atoms with Crippen LogP contribution in [0.4, 0.5) is 0 Å². The van der Waals surface area contributed by atoms with E-state index >= 15 is 0 Å². The zero-order valence-corrected chi connectivity index (χ0v) is 15.2. The Morgan fingerprint density at radius 3 is 2.50 bits per heavy atom. The van der Waals surface area contributed by atoms with Crippen LogP contribution in [-0.2, 0) is 6.42 Å².